The molecule has 9 nitrogen and oxygen atoms in total. The molecule has 3 N–H and O–H groups in total. The van der Waals surface area contributed by atoms with Crippen LogP contribution >= 0.6 is 0 Å². The third-order valence-corrected chi connectivity index (χ3v) is 4.28. The van der Waals surface area contributed by atoms with Crippen LogP contribution in [0.5, 0.6) is 0 Å². The average Bonchev–Trinajstić information content (AvgIpc) is 2.61. The maximum Gasteiger partial charge on any atom is 0.302 e. The van der Waals surface area contributed by atoms with Crippen LogP contribution in [-0.4, -0.2) is 76.0 Å². The first-order valence-corrected chi connectivity index (χ1v) is 9.47. The lowest BCUT2D eigenvalue weighted by Crippen LogP contribution is -2.62. The van der Waals surface area contributed by atoms with Crippen LogP contribution in [0.4, 0.5) is 0 Å². The van der Waals surface area contributed by atoms with Crippen LogP contribution in [0.2, 0.25) is 0 Å². The minimum Gasteiger partial charge on any atom is -0.460 e. The van der Waals surface area contributed by atoms with Crippen LogP contribution in [0.1, 0.15) is 34.1 Å². The summed E-state index contributed by atoms with van der Waals surface area (Å²) in [6.07, 6.45) is -0.660. The van der Waals surface area contributed by atoms with Crippen molar-refractivity contribution in [3.8, 4) is 0 Å². The van der Waals surface area contributed by atoms with Gasteiger partial charge in [-0.15, -0.1) is 0 Å². The van der Waals surface area contributed by atoms with Gasteiger partial charge in [0.2, 0.25) is 5.91 Å². The zero-order valence-corrected chi connectivity index (χ0v) is 16.8. The van der Waals surface area contributed by atoms with E-state index in [4.69, 9.17) is 29.4 Å². The number of nitrogens with one attached hydrogen (secondary N) is 1. The van der Waals surface area contributed by atoms with Crippen LogP contribution in [0.3, 0.4) is 0 Å². The van der Waals surface area contributed by atoms with Gasteiger partial charge in [0.1, 0.15) is 12.1 Å². The Balaban J connectivity index is 2.61. The van der Waals surface area contributed by atoms with Gasteiger partial charge < -0.3 is 34.7 Å². The Labute approximate surface area is 161 Å². The maximum absolute atomic E-state index is 11.6. The predicted octanol–water partition coefficient (Wildman–Crippen LogP) is 0.202. The van der Waals surface area contributed by atoms with E-state index in [1.54, 1.807) is 0 Å². The predicted molar refractivity (Wildman–Crippen MR) is 97.9 cm³/mol. The summed E-state index contributed by atoms with van der Waals surface area (Å²) in [5, 5.41) is 2.80. The fraction of sp³-hybridized carbons (Fsp3) is 0.889. The average molecular weight is 390 g/mol. The lowest BCUT2D eigenvalue weighted by Gasteiger charge is -2.44. The molecular weight excluding hydrogens is 356 g/mol. The van der Waals surface area contributed by atoms with Gasteiger partial charge in [-0.05, 0) is 6.42 Å². The second-order valence-corrected chi connectivity index (χ2v) is 6.49. The highest BCUT2D eigenvalue weighted by atomic mass is 16.7. The lowest BCUT2D eigenvalue weighted by molar-refractivity contribution is -0.255. The summed E-state index contributed by atoms with van der Waals surface area (Å²) in [6, 6.07) is -0.586. The van der Waals surface area contributed by atoms with E-state index < -0.39 is 24.4 Å². The molecule has 27 heavy (non-hydrogen) atoms. The Morgan fingerprint density at radius 3 is 2.26 bits per heavy atom. The molecule has 0 bridgehead atoms. The maximum atomic E-state index is 11.6. The number of nitrogens with two attached hydrogens (primary N) is 1. The lowest BCUT2D eigenvalue weighted by atomic mass is 9.87. The SMILES string of the molecule is CC[C@H]1O[C@@H](OCCOCCOCCN)C(NC(C)=O)C(OC(C)=O)[C@H]1C. The molecule has 0 spiro atoms. The number of hydrogen-bond acceptors (Lipinski definition) is 8. The molecule has 158 valence electrons. The summed E-state index contributed by atoms with van der Waals surface area (Å²) >= 11 is 0. The third-order valence-electron chi connectivity index (χ3n) is 4.28. The fourth-order valence-corrected chi connectivity index (χ4v) is 3.07. The Morgan fingerprint density at radius 2 is 1.70 bits per heavy atom. The van der Waals surface area contributed by atoms with Gasteiger partial charge in [-0.1, -0.05) is 13.8 Å². The van der Waals surface area contributed by atoms with E-state index in [0.717, 1.165) is 6.42 Å². The van der Waals surface area contributed by atoms with E-state index in [2.05, 4.69) is 5.32 Å². The highest BCUT2D eigenvalue weighted by Crippen LogP contribution is 2.30. The Morgan fingerprint density at radius 1 is 1.07 bits per heavy atom. The molecule has 1 fully saturated rings. The summed E-state index contributed by atoms with van der Waals surface area (Å²) in [5.41, 5.74) is 5.33. The number of amides is 1. The summed E-state index contributed by atoms with van der Waals surface area (Å²) < 4.78 is 28.0. The molecule has 9 heteroatoms. The minimum atomic E-state index is -0.725. The molecule has 0 aromatic carbocycles. The molecule has 0 aromatic rings. The Bertz CT molecular complexity index is 449. The first-order valence-electron chi connectivity index (χ1n) is 9.47. The van der Waals surface area contributed by atoms with E-state index >= 15 is 0 Å². The second kappa shape index (κ2) is 13.0. The van der Waals surface area contributed by atoms with Gasteiger partial charge in [-0.25, -0.2) is 0 Å². The zero-order chi connectivity index (χ0) is 20.2. The van der Waals surface area contributed by atoms with Crippen molar-refractivity contribution in [2.45, 2.75) is 58.7 Å². The van der Waals surface area contributed by atoms with Gasteiger partial charge in [-0.2, -0.15) is 0 Å². The molecule has 0 aliphatic carbocycles. The largest absolute Gasteiger partial charge is 0.460 e. The molecule has 1 rings (SSSR count). The molecule has 1 heterocycles. The van der Waals surface area contributed by atoms with Gasteiger partial charge in [0.15, 0.2) is 6.29 Å². The number of rotatable bonds is 12. The van der Waals surface area contributed by atoms with Crippen molar-refractivity contribution < 1.29 is 33.3 Å². The fourth-order valence-electron chi connectivity index (χ4n) is 3.07. The number of hydrogen-bond donors (Lipinski definition) is 2. The van der Waals surface area contributed by atoms with Crippen molar-refractivity contribution in [2.75, 3.05) is 39.6 Å². The molecule has 2 unspecified atom stereocenters. The van der Waals surface area contributed by atoms with Crippen molar-refractivity contribution >= 4 is 11.9 Å². The van der Waals surface area contributed by atoms with Gasteiger partial charge in [0.05, 0.1) is 39.1 Å². The van der Waals surface area contributed by atoms with Crippen molar-refractivity contribution in [3.05, 3.63) is 0 Å². The highest BCUT2D eigenvalue weighted by Gasteiger charge is 2.46. The molecule has 5 atom stereocenters. The number of ether oxygens (including phenoxy) is 5. The zero-order valence-electron chi connectivity index (χ0n) is 16.8. The van der Waals surface area contributed by atoms with Crippen LogP contribution < -0.4 is 11.1 Å². The molecule has 0 radical (unpaired) electrons. The number of esters is 1. The molecule has 1 aliphatic heterocycles. The number of carbonyl (C=O) groups is 2. The van der Waals surface area contributed by atoms with Gasteiger partial charge in [0.25, 0.3) is 0 Å². The highest BCUT2D eigenvalue weighted by molar-refractivity contribution is 5.73. The van der Waals surface area contributed by atoms with Crippen LogP contribution in [0, 0.1) is 5.92 Å². The first-order chi connectivity index (χ1) is 12.9. The third kappa shape index (κ3) is 8.52. The quantitative estimate of drug-likeness (QED) is 0.358. The summed E-state index contributed by atoms with van der Waals surface area (Å²) in [7, 11) is 0. The second-order valence-electron chi connectivity index (χ2n) is 6.49. The smallest absolute Gasteiger partial charge is 0.302 e. The normalized spacial score (nSPS) is 28.0. The molecular formula is C18H34N2O7. The molecule has 1 saturated heterocycles. The van der Waals surface area contributed by atoms with E-state index in [1.807, 2.05) is 13.8 Å². The summed E-state index contributed by atoms with van der Waals surface area (Å²) in [6.45, 7) is 9.20. The topological polar surface area (TPSA) is 118 Å². The molecule has 0 aromatic heterocycles. The minimum absolute atomic E-state index is 0.0773. The Hall–Kier alpha value is -1.26. The van der Waals surface area contributed by atoms with Crippen molar-refractivity contribution in [3.63, 3.8) is 0 Å². The summed E-state index contributed by atoms with van der Waals surface area (Å²) in [5.74, 6) is -0.727. The van der Waals surface area contributed by atoms with E-state index in [0.29, 0.717) is 33.0 Å². The van der Waals surface area contributed by atoms with E-state index in [-0.39, 0.29) is 24.5 Å². The summed E-state index contributed by atoms with van der Waals surface area (Å²) in [4.78, 5) is 23.2. The van der Waals surface area contributed by atoms with Gasteiger partial charge >= 0.3 is 5.97 Å². The molecule has 1 aliphatic rings. The van der Waals surface area contributed by atoms with Crippen LogP contribution in [0.25, 0.3) is 0 Å². The van der Waals surface area contributed by atoms with Gasteiger partial charge in [-0.3, -0.25) is 9.59 Å². The van der Waals surface area contributed by atoms with Crippen LogP contribution in [0.15, 0.2) is 0 Å². The number of carbonyl (C=O) groups excluding carboxylic acids is 2. The van der Waals surface area contributed by atoms with Crippen LogP contribution in [-0.2, 0) is 33.3 Å². The van der Waals surface area contributed by atoms with Crippen molar-refractivity contribution in [1.82, 2.24) is 5.32 Å². The Kier molecular flexibility index (Phi) is 11.5. The standard InChI is InChI=1S/C18H34N2O7/c1-5-15-12(2)17(26-14(4)22)16(20-13(3)21)18(27-15)25-11-10-24-9-8-23-7-6-19/h12,15-18H,5-11,19H2,1-4H3,(H,20,21)/t12-,15+,16?,17?,18+/m0/s1. The van der Waals surface area contributed by atoms with E-state index in [9.17, 15) is 9.59 Å². The molecule has 1 amide bonds. The first kappa shape index (κ1) is 23.8. The van der Waals surface area contributed by atoms with Crippen molar-refractivity contribution in [1.29, 1.82) is 0 Å². The monoisotopic (exact) mass is 390 g/mol. The van der Waals surface area contributed by atoms with Gasteiger partial charge in [0, 0.05) is 26.3 Å². The van der Waals surface area contributed by atoms with Crippen molar-refractivity contribution in [2.24, 2.45) is 11.7 Å². The molecule has 0 saturated carbocycles. The van der Waals surface area contributed by atoms with E-state index in [1.165, 1.54) is 13.8 Å².